The van der Waals surface area contributed by atoms with Crippen molar-refractivity contribution in [2.24, 2.45) is 0 Å². The van der Waals surface area contributed by atoms with Crippen LogP contribution in [-0.4, -0.2) is 20.1 Å². The quantitative estimate of drug-likeness (QED) is 0.891. The van der Waals surface area contributed by atoms with Gasteiger partial charge in [-0.25, -0.2) is 13.1 Å². The van der Waals surface area contributed by atoms with Gasteiger partial charge >= 0.3 is 0 Å². The van der Waals surface area contributed by atoms with Crippen molar-refractivity contribution in [2.75, 3.05) is 6.61 Å². The second-order valence-corrected chi connectivity index (χ2v) is 7.69. The van der Waals surface area contributed by atoms with Gasteiger partial charge in [0.2, 0.25) is 10.0 Å². The molecule has 0 aliphatic carbocycles. The summed E-state index contributed by atoms with van der Waals surface area (Å²) in [5.41, 5.74) is 0.739. The van der Waals surface area contributed by atoms with Gasteiger partial charge < -0.3 is 5.11 Å². The van der Waals surface area contributed by atoms with E-state index in [2.05, 4.69) is 4.72 Å². The van der Waals surface area contributed by atoms with Gasteiger partial charge in [-0.05, 0) is 25.5 Å². The first kappa shape index (κ1) is 15.2. The molecule has 0 amide bonds. The predicted octanol–water partition coefficient (Wildman–Crippen LogP) is 2.38. The van der Waals surface area contributed by atoms with Crippen LogP contribution in [0.15, 0.2) is 41.3 Å². The Hall–Kier alpha value is -1.21. The highest BCUT2D eigenvalue weighted by Crippen LogP contribution is 2.26. The van der Waals surface area contributed by atoms with Crippen molar-refractivity contribution < 1.29 is 13.5 Å². The van der Waals surface area contributed by atoms with Crippen molar-refractivity contribution in [2.45, 2.75) is 24.8 Å². The number of thiophene rings is 1. The molecule has 1 heterocycles. The first-order valence-electron chi connectivity index (χ1n) is 6.19. The normalized spacial score (nSPS) is 13.3. The van der Waals surface area contributed by atoms with Crippen molar-refractivity contribution in [3.63, 3.8) is 0 Å². The minimum absolute atomic E-state index is 0.286. The number of aliphatic hydroxyl groups excluding tert-OH is 1. The molecule has 2 N–H and O–H groups in total. The van der Waals surface area contributed by atoms with Crippen LogP contribution in [0, 0.1) is 13.8 Å². The highest BCUT2D eigenvalue weighted by molar-refractivity contribution is 7.89. The molecule has 20 heavy (non-hydrogen) atoms. The third-order valence-electron chi connectivity index (χ3n) is 2.97. The van der Waals surface area contributed by atoms with E-state index < -0.39 is 16.1 Å². The number of sulfonamides is 1. The summed E-state index contributed by atoms with van der Waals surface area (Å²) in [7, 11) is -3.63. The van der Waals surface area contributed by atoms with Crippen LogP contribution in [0.5, 0.6) is 0 Å². The Bertz CT molecular complexity index is 678. The third kappa shape index (κ3) is 3.27. The average Bonchev–Trinajstić information content (AvgIpc) is 2.77. The molecule has 0 radical (unpaired) electrons. The Morgan fingerprint density at radius 2 is 1.90 bits per heavy atom. The van der Waals surface area contributed by atoms with Gasteiger partial charge in [0.05, 0.1) is 17.5 Å². The van der Waals surface area contributed by atoms with Gasteiger partial charge in [-0.15, -0.1) is 11.3 Å². The van der Waals surface area contributed by atoms with Crippen molar-refractivity contribution in [3.8, 4) is 0 Å². The summed E-state index contributed by atoms with van der Waals surface area (Å²) in [6.07, 6.45) is 0. The smallest absolute Gasteiger partial charge is 0.242 e. The molecule has 1 aromatic carbocycles. The second-order valence-electron chi connectivity index (χ2n) is 4.54. The number of aryl methyl sites for hydroxylation is 2. The number of benzene rings is 1. The van der Waals surface area contributed by atoms with Gasteiger partial charge in [0, 0.05) is 9.75 Å². The Kier molecular flexibility index (Phi) is 4.59. The molecular formula is C14H17NO3S2. The van der Waals surface area contributed by atoms with Crippen LogP contribution in [0.2, 0.25) is 0 Å². The molecule has 0 bridgehead atoms. The van der Waals surface area contributed by atoms with Crippen molar-refractivity contribution >= 4 is 21.4 Å². The van der Waals surface area contributed by atoms with Gasteiger partial charge in [-0.1, -0.05) is 30.3 Å². The van der Waals surface area contributed by atoms with E-state index >= 15 is 0 Å². The van der Waals surface area contributed by atoms with Gasteiger partial charge in [0.25, 0.3) is 0 Å². The fraction of sp³-hybridized carbons (Fsp3) is 0.286. The van der Waals surface area contributed by atoms with E-state index in [-0.39, 0.29) is 11.5 Å². The van der Waals surface area contributed by atoms with E-state index in [9.17, 15) is 13.5 Å². The molecule has 4 nitrogen and oxygen atoms in total. The minimum atomic E-state index is -3.63. The number of rotatable bonds is 5. The van der Waals surface area contributed by atoms with Gasteiger partial charge in [0.1, 0.15) is 0 Å². The monoisotopic (exact) mass is 311 g/mol. The zero-order chi connectivity index (χ0) is 14.8. The van der Waals surface area contributed by atoms with Gasteiger partial charge in [-0.3, -0.25) is 0 Å². The number of hydrogen-bond donors (Lipinski definition) is 2. The summed E-state index contributed by atoms with van der Waals surface area (Å²) >= 11 is 1.44. The molecule has 6 heteroatoms. The maximum atomic E-state index is 12.4. The molecule has 0 saturated carbocycles. The molecule has 0 fully saturated rings. The van der Waals surface area contributed by atoms with E-state index in [4.69, 9.17) is 0 Å². The molecular weight excluding hydrogens is 294 g/mol. The zero-order valence-corrected chi connectivity index (χ0v) is 13.0. The fourth-order valence-corrected chi connectivity index (χ4v) is 4.79. The summed E-state index contributed by atoms with van der Waals surface area (Å²) in [5, 5.41) is 9.44. The van der Waals surface area contributed by atoms with E-state index in [1.54, 1.807) is 25.1 Å². The minimum Gasteiger partial charge on any atom is -0.394 e. The lowest BCUT2D eigenvalue weighted by Crippen LogP contribution is -2.31. The highest BCUT2D eigenvalue weighted by atomic mass is 32.2. The number of nitrogens with one attached hydrogen (secondary N) is 1. The van der Waals surface area contributed by atoms with Crippen molar-refractivity contribution in [1.82, 2.24) is 4.72 Å². The molecule has 1 aromatic heterocycles. The van der Waals surface area contributed by atoms with E-state index in [0.29, 0.717) is 0 Å². The molecule has 0 aliphatic heterocycles. The van der Waals surface area contributed by atoms with E-state index in [1.807, 2.05) is 25.1 Å². The lowest BCUT2D eigenvalue weighted by Gasteiger charge is -2.16. The van der Waals surface area contributed by atoms with Crippen LogP contribution in [0.25, 0.3) is 0 Å². The van der Waals surface area contributed by atoms with Crippen LogP contribution < -0.4 is 4.72 Å². The molecule has 2 aromatic rings. The number of aliphatic hydroxyl groups is 1. The summed E-state index contributed by atoms with van der Waals surface area (Å²) < 4.78 is 27.3. The lowest BCUT2D eigenvalue weighted by molar-refractivity contribution is 0.259. The van der Waals surface area contributed by atoms with Crippen LogP contribution in [0.1, 0.15) is 21.4 Å². The largest absolute Gasteiger partial charge is 0.394 e. The topological polar surface area (TPSA) is 66.4 Å². The Balaban J connectivity index is 2.29. The standard InChI is InChI=1S/C14H17NO3S2/c1-10-8-14(11(2)19-10)20(17,18)15-13(9-16)12-6-4-3-5-7-12/h3-8,13,15-16H,9H2,1-2H3/t13-/m1/s1. The van der Waals surface area contributed by atoms with Crippen LogP contribution >= 0.6 is 11.3 Å². The SMILES string of the molecule is Cc1cc(S(=O)(=O)N[C@H](CO)c2ccccc2)c(C)s1. The highest BCUT2D eigenvalue weighted by Gasteiger charge is 2.23. The van der Waals surface area contributed by atoms with Crippen LogP contribution in [0.3, 0.4) is 0 Å². The molecule has 0 unspecified atom stereocenters. The summed E-state index contributed by atoms with van der Waals surface area (Å²) in [4.78, 5) is 1.98. The molecule has 2 rings (SSSR count). The fourth-order valence-electron chi connectivity index (χ4n) is 2.02. The summed E-state index contributed by atoms with van der Waals surface area (Å²) in [6.45, 7) is 3.37. The van der Waals surface area contributed by atoms with Crippen LogP contribution in [-0.2, 0) is 10.0 Å². The predicted molar refractivity (Wildman–Crippen MR) is 80.4 cm³/mol. The van der Waals surface area contributed by atoms with E-state index in [0.717, 1.165) is 15.3 Å². The Labute approximate surface area is 123 Å². The third-order valence-corrected chi connectivity index (χ3v) is 5.66. The molecule has 0 spiro atoms. The van der Waals surface area contributed by atoms with Crippen molar-refractivity contribution in [1.29, 1.82) is 0 Å². The second kappa shape index (κ2) is 6.05. The van der Waals surface area contributed by atoms with Gasteiger partial charge in [0.15, 0.2) is 0 Å². The maximum Gasteiger partial charge on any atom is 0.242 e. The molecule has 108 valence electrons. The molecule has 0 saturated heterocycles. The Morgan fingerprint density at radius 1 is 1.25 bits per heavy atom. The lowest BCUT2D eigenvalue weighted by atomic mass is 10.1. The maximum absolute atomic E-state index is 12.4. The van der Waals surface area contributed by atoms with Gasteiger partial charge in [-0.2, -0.15) is 0 Å². The Morgan fingerprint density at radius 3 is 2.40 bits per heavy atom. The molecule has 1 atom stereocenters. The molecule has 0 aliphatic rings. The van der Waals surface area contributed by atoms with E-state index in [1.165, 1.54) is 11.3 Å². The summed E-state index contributed by atoms with van der Waals surface area (Å²) in [6, 6.07) is 10.1. The van der Waals surface area contributed by atoms with Crippen LogP contribution in [0.4, 0.5) is 0 Å². The average molecular weight is 311 g/mol. The first-order valence-corrected chi connectivity index (χ1v) is 8.49. The summed E-state index contributed by atoms with van der Waals surface area (Å²) in [5.74, 6) is 0. The first-order chi connectivity index (χ1) is 9.44. The van der Waals surface area contributed by atoms with Crippen molar-refractivity contribution in [3.05, 3.63) is 51.7 Å². The zero-order valence-electron chi connectivity index (χ0n) is 11.3. The number of hydrogen-bond acceptors (Lipinski definition) is 4.